The van der Waals surface area contributed by atoms with Crippen molar-refractivity contribution in [2.45, 2.75) is 19.7 Å². The Kier molecular flexibility index (Phi) is 6.41. The maximum atomic E-state index is 12.5. The minimum absolute atomic E-state index is 0.0911. The molecule has 2 aromatic heterocycles. The van der Waals surface area contributed by atoms with Gasteiger partial charge in [0, 0.05) is 18.9 Å². The maximum absolute atomic E-state index is 12.5. The van der Waals surface area contributed by atoms with Gasteiger partial charge < -0.3 is 14.8 Å². The molecule has 0 saturated carbocycles. The van der Waals surface area contributed by atoms with E-state index in [9.17, 15) is 9.59 Å². The number of aromatic nitrogens is 3. The lowest BCUT2D eigenvalue weighted by Gasteiger charge is -2.13. The van der Waals surface area contributed by atoms with Crippen LogP contribution in [-0.2, 0) is 24.5 Å². The number of ether oxygens (including phenoxy) is 2. The number of carbonyl (C=O) groups is 1. The van der Waals surface area contributed by atoms with Gasteiger partial charge in [-0.05, 0) is 47.5 Å². The van der Waals surface area contributed by atoms with E-state index in [2.05, 4.69) is 15.3 Å². The van der Waals surface area contributed by atoms with Gasteiger partial charge in [-0.3, -0.25) is 19.1 Å². The van der Waals surface area contributed by atoms with Crippen LogP contribution in [0.3, 0.4) is 0 Å². The summed E-state index contributed by atoms with van der Waals surface area (Å²) < 4.78 is 12.7. The highest BCUT2D eigenvalue weighted by atomic mass is 16.5. The third-order valence-corrected chi connectivity index (χ3v) is 4.92. The van der Waals surface area contributed by atoms with Crippen LogP contribution >= 0.6 is 0 Å². The first-order valence-electron chi connectivity index (χ1n) is 10.0. The summed E-state index contributed by atoms with van der Waals surface area (Å²) in [4.78, 5) is 32.8. The molecular weight excluding hydrogens is 408 g/mol. The van der Waals surface area contributed by atoms with Crippen LogP contribution < -0.4 is 20.3 Å². The molecule has 2 heterocycles. The van der Waals surface area contributed by atoms with E-state index in [0.717, 1.165) is 11.1 Å². The molecule has 4 rings (SSSR count). The molecule has 0 saturated heterocycles. The number of fused-ring (bicyclic) bond motifs is 1. The van der Waals surface area contributed by atoms with E-state index in [0.29, 0.717) is 29.1 Å². The lowest BCUT2D eigenvalue weighted by Crippen LogP contribution is -2.32. The van der Waals surface area contributed by atoms with E-state index < -0.39 is 0 Å². The van der Waals surface area contributed by atoms with Gasteiger partial charge in [-0.15, -0.1) is 0 Å². The van der Waals surface area contributed by atoms with Crippen LogP contribution in [0, 0.1) is 0 Å². The summed E-state index contributed by atoms with van der Waals surface area (Å²) in [5.41, 5.74) is 2.80. The number of para-hydroxylation sites is 2. The second kappa shape index (κ2) is 9.74. The molecule has 1 N–H and O–H groups in total. The molecule has 1 amide bonds. The third-order valence-electron chi connectivity index (χ3n) is 4.92. The molecule has 0 atom stereocenters. The predicted molar refractivity (Wildman–Crippen MR) is 119 cm³/mol. The highest BCUT2D eigenvalue weighted by Gasteiger charge is 2.10. The van der Waals surface area contributed by atoms with E-state index in [1.807, 2.05) is 42.5 Å². The van der Waals surface area contributed by atoms with Crippen molar-refractivity contribution in [2.75, 3.05) is 7.11 Å². The standard InChI is InChI=1S/C24H22N4O4/c1-31-22-12-18(6-7-21(22)32-16-17-8-10-25-11-9-17)13-27-23(29)15-28-20-5-3-2-4-19(20)26-14-24(28)30/h2-12,14H,13,15-16H2,1H3,(H,27,29). The van der Waals surface area contributed by atoms with Gasteiger partial charge in [-0.25, -0.2) is 4.98 Å². The third kappa shape index (κ3) is 4.92. The molecule has 0 aliphatic heterocycles. The van der Waals surface area contributed by atoms with Gasteiger partial charge in [-0.2, -0.15) is 0 Å². The number of nitrogens with one attached hydrogen (secondary N) is 1. The van der Waals surface area contributed by atoms with Gasteiger partial charge in [0.1, 0.15) is 13.2 Å². The first kappa shape index (κ1) is 21.0. The average molecular weight is 430 g/mol. The highest BCUT2D eigenvalue weighted by Crippen LogP contribution is 2.28. The van der Waals surface area contributed by atoms with Crippen molar-refractivity contribution in [3.8, 4) is 11.5 Å². The predicted octanol–water partition coefficient (Wildman–Crippen LogP) is 2.70. The first-order valence-corrected chi connectivity index (χ1v) is 10.0. The van der Waals surface area contributed by atoms with E-state index in [-0.39, 0.29) is 24.6 Å². The summed E-state index contributed by atoms with van der Waals surface area (Å²) in [7, 11) is 1.57. The fourth-order valence-electron chi connectivity index (χ4n) is 3.26. The van der Waals surface area contributed by atoms with Gasteiger partial charge in [0.2, 0.25) is 5.91 Å². The molecule has 32 heavy (non-hydrogen) atoms. The van der Waals surface area contributed by atoms with Crippen molar-refractivity contribution in [1.82, 2.24) is 19.9 Å². The number of carbonyl (C=O) groups excluding carboxylic acids is 1. The topological polar surface area (TPSA) is 95.3 Å². The SMILES string of the molecule is COc1cc(CNC(=O)Cn2c(=O)cnc3ccccc32)ccc1OCc1ccncc1. The van der Waals surface area contributed by atoms with Gasteiger partial charge in [0.15, 0.2) is 11.5 Å². The molecule has 8 heteroatoms. The summed E-state index contributed by atoms with van der Waals surface area (Å²) >= 11 is 0. The number of hydrogen-bond acceptors (Lipinski definition) is 6. The summed E-state index contributed by atoms with van der Waals surface area (Å²) in [5.74, 6) is 0.900. The van der Waals surface area contributed by atoms with Crippen molar-refractivity contribution in [1.29, 1.82) is 0 Å². The Morgan fingerprint density at radius 3 is 2.66 bits per heavy atom. The zero-order valence-electron chi connectivity index (χ0n) is 17.5. The van der Waals surface area contributed by atoms with Gasteiger partial charge in [-0.1, -0.05) is 18.2 Å². The van der Waals surface area contributed by atoms with E-state index in [4.69, 9.17) is 9.47 Å². The maximum Gasteiger partial charge on any atom is 0.269 e. The second-order valence-corrected chi connectivity index (χ2v) is 7.08. The smallest absolute Gasteiger partial charge is 0.269 e. The number of pyridine rings is 1. The highest BCUT2D eigenvalue weighted by molar-refractivity contribution is 5.79. The Morgan fingerprint density at radius 1 is 1.03 bits per heavy atom. The van der Waals surface area contributed by atoms with Crippen molar-refractivity contribution >= 4 is 16.9 Å². The van der Waals surface area contributed by atoms with E-state index >= 15 is 0 Å². The number of hydrogen-bond donors (Lipinski definition) is 1. The molecule has 0 spiro atoms. The molecule has 0 radical (unpaired) electrons. The average Bonchev–Trinajstić information content (AvgIpc) is 2.84. The monoisotopic (exact) mass is 430 g/mol. The van der Waals surface area contributed by atoms with Crippen LogP contribution in [-0.4, -0.2) is 27.6 Å². The van der Waals surface area contributed by atoms with E-state index in [1.54, 1.807) is 31.6 Å². The number of benzene rings is 2. The number of rotatable bonds is 8. The zero-order valence-corrected chi connectivity index (χ0v) is 17.5. The molecule has 4 aromatic rings. The van der Waals surface area contributed by atoms with Gasteiger partial charge in [0.05, 0.1) is 24.3 Å². The number of amides is 1. The zero-order chi connectivity index (χ0) is 22.3. The van der Waals surface area contributed by atoms with Crippen molar-refractivity contribution in [2.24, 2.45) is 0 Å². The summed E-state index contributed by atoms with van der Waals surface area (Å²) in [6, 6.07) is 16.5. The molecule has 0 fully saturated rings. The molecule has 2 aromatic carbocycles. The Balaban J connectivity index is 1.40. The van der Waals surface area contributed by atoms with Crippen molar-refractivity contribution in [3.05, 3.63) is 94.7 Å². The lowest BCUT2D eigenvalue weighted by atomic mass is 10.2. The van der Waals surface area contributed by atoms with Crippen LogP contribution in [0.25, 0.3) is 11.0 Å². The summed E-state index contributed by atoms with van der Waals surface area (Å²) in [6.07, 6.45) is 4.65. The van der Waals surface area contributed by atoms with Gasteiger partial charge in [0.25, 0.3) is 5.56 Å². The van der Waals surface area contributed by atoms with Crippen molar-refractivity contribution < 1.29 is 14.3 Å². The molecule has 0 aliphatic rings. The fourth-order valence-corrected chi connectivity index (χ4v) is 3.26. The molecule has 0 bridgehead atoms. The molecule has 0 aliphatic carbocycles. The van der Waals surface area contributed by atoms with Crippen molar-refractivity contribution in [3.63, 3.8) is 0 Å². The number of methoxy groups -OCH3 is 1. The van der Waals surface area contributed by atoms with Crippen LogP contribution in [0.1, 0.15) is 11.1 Å². The Morgan fingerprint density at radius 2 is 1.84 bits per heavy atom. The number of nitrogens with zero attached hydrogens (tertiary/aromatic N) is 3. The Hall–Kier alpha value is -4.20. The summed E-state index contributed by atoms with van der Waals surface area (Å²) in [6.45, 7) is 0.591. The molecule has 8 nitrogen and oxygen atoms in total. The Labute approximate surface area is 184 Å². The second-order valence-electron chi connectivity index (χ2n) is 7.08. The molecule has 162 valence electrons. The Bertz CT molecular complexity index is 1290. The minimum atomic E-state index is -0.323. The molecular formula is C24H22N4O4. The largest absolute Gasteiger partial charge is 0.493 e. The quantitative estimate of drug-likeness (QED) is 0.462. The molecule has 0 unspecified atom stereocenters. The van der Waals surface area contributed by atoms with Gasteiger partial charge >= 0.3 is 0 Å². The summed E-state index contributed by atoms with van der Waals surface area (Å²) in [5, 5.41) is 2.85. The van der Waals surface area contributed by atoms with E-state index in [1.165, 1.54) is 10.8 Å². The first-order chi connectivity index (χ1) is 15.6. The minimum Gasteiger partial charge on any atom is -0.493 e. The van der Waals surface area contributed by atoms with Crippen LogP contribution in [0.15, 0.2) is 78.0 Å². The fraction of sp³-hybridized carbons (Fsp3) is 0.167. The lowest BCUT2D eigenvalue weighted by molar-refractivity contribution is -0.121. The van der Waals surface area contributed by atoms with Crippen LogP contribution in [0.2, 0.25) is 0 Å². The normalized spacial score (nSPS) is 10.7. The van der Waals surface area contributed by atoms with Crippen LogP contribution in [0.5, 0.6) is 11.5 Å². The van der Waals surface area contributed by atoms with Crippen LogP contribution in [0.4, 0.5) is 0 Å².